The monoisotopic (exact) mass is 242 g/mol. The van der Waals surface area contributed by atoms with E-state index in [1.54, 1.807) is 0 Å². The summed E-state index contributed by atoms with van der Waals surface area (Å²) in [5.41, 5.74) is 1.36. The van der Waals surface area contributed by atoms with Crippen LogP contribution in [0.5, 0.6) is 0 Å². The molecule has 1 rings (SSSR count). The zero-order valence-corrected chi connectivity index (χ0v) is 13.4. The lowest BCUT2D eigenvalue weighted by molar-refractivity contribution is 0.193. The molecule has 0 saturated carbocycles. The molecule has 1 saturated heterocycles. The first-order chi connectivity index (χ1) is 8.29. The standard InChI is InChI=1S/C9H14O.C3H8.2C2H6/c1-3-8-6-5-7-10-9(8)4-2;1-3-2;2*1-2/h3-4H,5-7H2,1-2H3;3H2,1-2H3;2*1-2H3/b8-3-,9-4+;;;. The molecule has 1 heterocycles. The van der Waals surface area contributed by atoms with Gasteiger partial charge in [-0.2, -0.15) is 0 Å². The van der Waals surface area contributed by atoms with E-state index < -0.39 is 0 Å². The fraction of sp³-hybridized carbons (Fsp3) is 0.750. The highest BCUT2D eigenvalue weighted by Gasteiger charge is 2.09. The van der Waals surface area contributed by atoms with Crippen LogP contribution in [0.2, 0.25) is 0 Å². The van der Waals surface area contributed by atoms with E-state index in [0.29, 0.717) is 0 Å². The van der Waals surface area contributed by atoms with Crippen molar-refractivity contribution in [1.29, 1.82) is 0 Å². The van der Waals surface area contributed by atoms with Crippen LogP contribution in [0.1, 0.15) is 74.7 Å². The van der Waals surface area contributed by atoms with Gasteiger partial charge in [0.1, 0.15) is 5.76 Å². The second kappa shape index (κ2) is 20.7. The summed E-state index contributed by atoms with van der Waals surface area (Å²) in [7, 11) is 0. The maximum Gasteiger partial charge on any atom is 0.117 e. The fourth-order valence-corrected chi connectivity index (χ4v) is 1.22. The highest BCUT2D eigenvalue weighted by molar-refractivity contribution is 5.26. The van der Waals surface area contributed by atoms with Gasteiger partial charge >= 0.3 is 0 Å². The predicted octanol–water partition coefficient (Wildman–Crippen LogP) is 6.12. The van der Waals surface area contributed by atoms with Crippen LogP contribution in [0.3, 0.4) is 0 Å². The van der Waals surface area contributed by atoms with Crippen molar-refractivity contribution >= 4 is 0 Å². The molecule has 1 fully saturated rings. The normalized spacial score (nSPS) is 17.6. The van der Waals surface area contributed by atoms with Gasteiger partial charge in [0.05, 0.1) is 6.61 Å². The molecule has 0 atom stereocenters. The van der Waals surface area contributed by atoms with E-state index in [1.165, 1.54) is 18.4 Å². The van der Waals surface area contributed by atoms with Crippen molar-refractivity contribution in [2.24, 2.45) is 0 Å². The summed E-state index contributed by atoms with van der Waals surface area (Å²) in [4.78, 5) is 0. The lowest BCUT2D eigenvalue weighted by atomic mass is 10.1. The van der Waals surface area contributed by atoms with E-state index >= 15 is 0 Å². The molecule has 0 aromatic carbocycles. The SMILES string of the molecule is C/C=C1/CCCO/C1=C/C.CC.CC.CCC. The van der Waals surface area contributed by atoms with E-state index in [4.69, 9.17) is 4.74 Å². The summed E-state index contributed by atoms with van der Waals surface area (Å²) in [6.07, 6.45) is 7.76. The van der Waals surface area contributed by atoms with Gasteiger partial charge in [-0.15, -0.1) is 0 Å². The molecule has 0 radical (unpaired) electrons. The summed E-state index contributed by atoms with van der Waals surface area (Å²) in [6, 6.07) is 0. The van der Waals surface area contributed by atoms with E-state index in [0.717, 1.165) is 18.8 Å². The number of hydrogen-bond donors (Lipinski definition) is 0. The minimum absolute atomic E-state index is 0.886. The molecule has 1 heteroatoms. The zero-order chi connectivity index (χ0) is 14.1. The largest absolute Gasteiger partial charge is 0.494 e. The molecule has 0 unspecified atom stereocenters. The first kappa shape index (κ1) is 21.6. The maximum absolute atomic E-state index is 5.42. The van der Waals surface area contributed by atoms with Gasteiger partial charge in [-0.05, 0) is 38.3 Å². The van der Waals surface area contributed by atoms with Crippen molar-refractivity contribution in [2.45, 2.75) is 74.7 Å². The molecule has 1 nitrogen and oxygen atoms in total. The van der Waals surface area contributed by atoms with Gasteiger partial charge < -0.3 is 4.74 Å². The van der Waals surface area contributed by atoms with Gasteiger partial charge in [0, 0.05) is 0 Å². The Balaban J connectivity index is -0.000000239. The fourth-order valence-electron chi connectivity index (χ4n) is 1.22. The van der Waals surface area contributed by atoms with Gasteiger partial charge in [-0.3, -0.25) is 0 Å². The molecule has 0 bridgehead atoms. The van der Waals surface area contributed by atoms with Crippen LogP contribution in [0.4, 0.5) is 0 Å². The minimum atomic E-state index is 0.886. The second-order valence-corrected chi connectivity index (χ2v) is 3.13. The average Bonchev–Trinajstić information content (AvgIpc) is 2.44. The number of rotatable bonds is 0. The van der Waals surface area contributed by atoms with Crippen LogP contribution in [0, 0.1) is 0 Å². The highest BCUT2D eigenvalue weighted by atomic mass is 16.5. The van der Waals surface area contributed by atoms with Gasteiger partial charge in [0.25, 0.3) is 0 Å². The minimum Gasteiger partial charge on any atom is -0.494 e. The summed E-state index contributed by atoms with van der Waals surface area (Å²) in [5.74, 6) is 1.08. The Kier molecular flexibility index (Phi) is 26.2. The number of hydrogen-bond acceptors (Lipinski definition) is 1. The third kappa shape index (κ3) is 13.2. The summed E-state index contributed by atoms with van der Waals surface area (Å²) in [5, 5.41) is 0. The second-order valence-electron chi connectivity index (χ2n) is 3.13. The summed E-state index contributed by atoms with van der Waals surface area (Å²) >= 11 is 0. The average molecular weight is 242 g/mol. The Morgan fingerprint density at radius 1 is 1.00 bits per heavy atom. The summed E-state index contributed by atoms with van der Waals surface area (Å²) < 4.78 is 5.42. The molecule has 0 N–H and O–H groups in total. The molecule has 104 valence electrons. The first-order valence-electron chi connectivity index (χ1n) is 7.24. The first-order valence-corrected chi connectivity index (χ1v) is 7.24. The van der Waals surface area contributed by atoms with E-state index in [2.05, 4.69) is 26.8 Å². The molecule has 0 aromatic heterocycles. The van der Waals surface area contributed by atoms with Crippen molar-refractivity contribution in [3.63, 3.8) is 0 Å². The van der Waals surface area contributed by atoms with Crippen molar-refractivity contribution < 1.29 is 4.74 Å². The summed E-state index contributed by atoms with van der Waals surface area (Å²) in [6.45, 7) is 17.2. The molecule has 1 aliphatic heterocycles. The van der Waals surface area contributed by atoms with Crippen LogP contribution in [0.15, 0.2) is 23.5 Å². The van der Waals surface area contributed by atoms with Gasteiger partial charge in [0.2, 0.25) is 0 Å². The third-order valence-electron chi connectivity index (χ3n) is 1.78. The highest BCUT2D eigenvalue weighted by Crippen LogP contribution is 2.22. The molecule has 0 aliphatic carbocycles. The van der Waals surface area contributed by atoms with E-state index in [1.807, 2.05) is 40.7 Å². The van der Waals surface area contributed by atoms with Crippen LogP contribution < -0.4 is 0 Å². The van der Waals surface area contributed by atoms with Crippen LogP contribution in [0.25, 0.3) is 0 Å². The van der Waals surface area contributed by atoms with Crippen LogP contribution in [-0.4, -0.2) is 6.61 Å². The maximum atomic E-state index is 5.42. The van der Waals surface area contributed by atoms with Crippen LogP contribution in [-0.2, 0) is 4.74 Å². The van der Waals surface area contributed by atoms with Gasteiger partial charge in [-0.25, -0.2) is 0 Å². The van der Waals surface area contributed by atoms with Crippen LogP contribution >= 0.6 is 0 Å². The van der Waals surface area contributed by atoms with Gasteiger partial charge in [0.15, 0.2) is 0 Å². The van der Waals surface area contributed by atoms with Crippen molar-refractivity contribution in [1.82, 2.24) is 0 Å². The molecule has 0 amide bonds. The lowest BCUT2D eigenvalue weighted by Crippen LogP contribution is -2.05. The topological polar surface area (TPSA) is 9.23 Å². The molecule has 17 heavy (non-hydrogen) atoms. The lowest BCUT2D eigenvalue weighted by Gasteiger charge is -2.18. The van der Waals surface area contributed by atoms with E-state index in [9.17, 15) is 0 Å². The van der Waals surface area contributed by atoms with Gasteiger partial charge in [-0.1, -0.05) is 54.0 Å². The Morgan fingerprint density at radius 3 is 1.76 bits per heavy atom. The predicted molar refractivity (Wildman–Crippen MR) is 81.4 cm³/mol. The van der Waals surface area contributed by atoms with E-state index in [-0.39, 0.29) is 0 Å². The van der Waals surface area contributed by atoms with Crippen molar-refractivity contribution in [2.75, 3.05) is 6.61 Å². The Labute approximate surface area is 110 Å². The van der Waals surface area contributed by atoms with Crippen molar-refractivity contribution in [3.05, 3.63) is 23.5 Å². The Hall–Kier alpha value is -0.720. The third-order valence-corrected chi connectivity index (χ3v) is 1.78. The smallest absolute Gasteiger partial charge is 0.117 e. The number of allylic oxidation sites excluding steroid dienone is 3. The zero-order valence-electron chi connectivity index (χ0n) is 13.4. The molecule has 0 spiro atoms. The molecular weight excluding hydrogens is 208 g/mol. The number of ether oxygens (including phenoxy) is 1. The Morgan fingerprint density at radius 2 is 1.47 bits per heavy atom. The quantitative estimate of drug-likeness (QED) is 0.497. The van der Waals surface area contributed by atoms with Crippen molar-refractivity contribution in [3.8, 4) is 0 Å². The Bertz CT molecular complexity index is 158. The molecular formula is C16H34O. The molecule has 1 aliphatic rings. The molecule has 0 aromatic rings.